The molecule has 0 atom stereocenters. The van der Waals surface area contributed by atoms with Gasteiger partial charge in [-0.3, -0.25) is 0 Å². The van der Waals surface area contributed by atoms with Crippen molar-refractivity contribution in [2.45, 2.75) is 32.0 Å². The molecule has 19 heavy (non-hydrogen) atoms. The molecule has 1 aliphatic heterocycles. The van der Waals surface area contributed by atoms with E-state index in [1.807, 2.05) is 10.6 Å². The molecule has 0 unspecified atom stereocenters. The molecule has 0 aliphatic carbocycles. The fourth-order valence-corrected chi connectivity index (χ4v) is 2.76. The van der Waals surface area contributed by atoms with Gasteiger partial charge in [-0.1, -0.05) is 30.3 Å². The van der Waals surface area contributed by atoms with Crippen molar-refractivity contribution < 1.29 is 13.2 Å². The first-order valence-electron chi connectivity index (χ1n) is 6.42. The van der Waals surface area contributed by atoms with Crippen LogP contribution in [0.4, 0.5) is 13.2 Å². The monoisotopic (exact) mass is 265 g/mol. The number of fused-ring (bicyclic) bond motifs is 1. The normalized spacial score (nSPS) is 15.3. The molecule has 1 aromatic heterocycles. The van der Waals surface area contributed by atoms with E-state index in [0.717, 1.165) is 25.0 Å². The van der Waals surface area contributed by atoms with Gasteiger partial charge >= 0.3 is 6.18 Å². The van der Waals surface area contributed by atoms with Gasteiger partial charge in [0.25, 0.3) is 0 Å². The van der Waals surface area contributed by atoms with E-state index in [0.29, 0.717) is 17.8 Å². The number of alkyl halides is 3. The van der Waals surface area contributed by atoms with Gasteiger partial charge in [-0.25, -0.2) is 0 Å². The van der Waals surface area contributed by atoms with Gasteiger partial charge < -0.3 is 4.57 Å². The first kappa shape index (κ1) is 12.3. The highest BCUT2D eigenvalue weighted by atomic mass is 19.4. The van der Waals surface area contributed by atoms with E-state index in [1.165, 1.54) is 6.07 Å². The number of nitrogens with zero attached hydrogens (tertiary/aromatic N) is 1. The predicted octanol–water partition coefficient (Wildman–Crippen LogP) is 4.51. The number of hydrogen-bond donors (Lipinski definition) is 0. The molecule has 2 heterocycles. The van der Waals surface area contributed by atoms with Crippen LogP contribution in [0.2, 0.25) is 0 Å². The maximum atomic E-state index is 13.2. The van der Waals surface area contributed by atoms with E-state index in [9.17, 15) is 13.2 Å². The van der Waals surface area contributed by atoms with Gasteiger partial charge in [-0.15, -0.1) is 0 Å². The van der Waals surface area contributed by atoms with Crippen LogP contribution >= 0.6 is 0 Å². The summed E-state index contributed by atoms with van der Waals surface area (Å²) in [7, 11) is 0. The summed E-state index contributed by atoms with van der Waals surface area (Å²) in [6, 6.07) is 10.2. The number of rotatable bonds is 1. The second-order valence-corrected chi connectivity index (χ2v) is 4.87. The second-order valence-electron chi connectivity index (χ2n) is 4.87. The highest BCUT2D eigenvalue weighted by Gasteiger charge is 2.37. The minimum atomic E-state index is -4.30. The Morgan fingerprint density at radius 2 is 1.74 bits per heavy atom. The Morgan fingerprint density at radius 1 is 1.00 bits per heavy atom. The summed E-state index contributed by atoms with van der Waals surface area (Å²) in [5, 5.41) is 0. The van der Waals surface area contributed by atoms with Gasteiger partial charge in [0.1, 0.15) is 0 Å². The Kier molecular flexibility index (Phi) is 2.88. The van der Waals surface area contributed by atoms with E-state index in [1.54, 1.807) is 24.3 Å². The molecule has 0 saturated carbocycles. The van der Waals surface area contributed by atoms with Crippen LogP contribution in [0, 0.1) is 0 Å². The fraction of sp³-hybridized carbons (Fsp3) is 0.333. The van der Waals surface area contributed by atoms with Crippen LogP contribution in [0.5, 0.6) is 0 Å². The fourth-order valence-electron chi connectivity index (χ4n) is 2.76. The lowest BCUT2D eigenvalue weighted by Gasteiger charge is -2.19. The molecule has 1 nitrogen and oxygen atoms in total. The van der Waals surface area contributed by atoms with Crippen LogP contribution in [-0.4, -0.2) is 4.57 Å². The Bertz CT molecular complexity index is 581. The summed E-state index contributed by atoms with van der Waals surface area (Å²) >= 11 is 0. The highest BCUT2D eigenvalue weighted by molar-refractivity contribution is 5.66. The largest absolute Gasteiger partial charge is 0.418 e. The third kappa shape index (κ3) is 2.15. The molecule has 100 valence electrons. The van der Waals surface area contributed by atoms with Crippen molar-refractivity contribution in [1.29, 1.82) is 0 Å². The molecule has 1 aliphatic rings. The molecule has 0 radical (unpaired) electrons. The molecule has 0 saturated heterocycles. The molecular weight excluding hydrogens is 251 g/mol. The average molecular weight is 265 g/mol. The predicted molar refractivity (Wildman–Crippen MR) is 67.8 cm³/mol. The van der Waals surface area contributed by atoms with Crippen LogP contribution < -0.4 is 0 Å². The Hall–Kier alpha value is -1.71. The van der Waals surface area contributed by atoms with Crippen molar-refractivity contribution >= 4 is 0 Å². The van der Waals surface area contributed by atoms with E-state index in [-0.39, 0.29) is 0 Å². The summed E-state index contributed by atoms with van der Waals surface area (Å²) < 4.78 is 41.5. The molecule has 3 rings (SSSR count). The van der Waals surface area contributed by atoms with Crippen molar-refractivity contribution in [2.24, 2.45) is 0 Å². The molecule has 0 amide bonds. The highest BCUT2D eigenvalue weighted by Crippen LogP contribution is 2.40. The number of halogens is 3. The standard InChI is InChI=1S/C15H14F3N/c16-15(17,18)13-10-12-8-4-5-9-19(12)14(13)11-6-2-1-3-7-11/h1-3,6-7,10H,4-5,8-9H2. The molecule has 1 aromatic carbocycles. The Morgan fingerprint density at radius 3 is 2.42 bits per heavy atom. The van der Waals surface area contributed by atoms with E-state index < -0.39 is 11.7 Å². The quantitative estimate of drug-likeness (QED) is 0.715. The molecule has 0 spiro atoms. The summed E-state index contributed by atoms with van der Waals surface area (Å²) in [5.41, 5.74) is 1.26. The molecular formula is C15H14F3N. The maximum Gasteiger partial charge on any atom is 0.418 e. The van der Waals surface area contributed by atoms with E-state index in [2.05, 4.69) is 0 Å². The minimum absolute atomic E-state index is 0.322. The van der Waals surface area contributed by atoms with Gasteiger partial charge in [-0.05, 0) is 30.9 Å². The smallest absolute Gasteiger partial charge is 0.344 e. The van der Waals surface area contributed by atoms with Crippen molar-refractivity contribution in [3.8, 4) is 11.3 Å². The Labute approximate surface area is 109 Å². The van der Waals surface area contributed by atoms with Crippen LogP contribution in [0.25, 0.3) is 11.3 Å². The van der Waals surface area contributed by atoms with Crippen molar-refractivity contribution in [3.05, 3.63) is 47.7 Å². The summed E-state index contributed by atoms with van der Waals surface area (Å²) in [6.45, 7) is 0.676. The van der Waals surface area contributed by atoms with Gasteiger partial charge in [0, 0.05) is 12.2 Å². The van der Waals surface area contributed by atoms with Gasteiger partial charge in [0.2, 0.25) is 0 Å². The molecule has 0 fully saturated rings. The third-order valence-corrected chi connectivity index (χ3v) is 3.60. The van der Waals surface area contributed by atoms with Gasteiger partial charge in [0.05, 0.1) is 11.3 Å². The maximum absolute atomic E-state index is 13.2. The lowest BCUT2D eigenvalue weighted by Crippen LogP contribution is -2.12. The molecule has 0 N–H and O–H groups in total. The topological polar surface area (TPSA) is 4.93 Å². The van der Waals surface area contributed by atoms with Crippen LogP contribution in [0.3, 0.4) is 0 Å². The summed E-state index contributed by atoms with van der Waals surface area (Å²) in [6.07, 6.45) is -1.65. The minimum Gasteiger partial charge on any atom is -0.344 e. The van der Waals surface area contributed by atoms with Crippen molar-refractivity contribution in [1.82, 2.24) is 4.57 Å². The van der Waals surface area contributed by atoms with Crippen LogP contribution in [-0.2, 0) is 19.1 Å². The van der Waals surface area contributed by atoms with E-state index >= 15 is 0 Å². The molecule has 2 aromatic rings. The lowest BCUT2D eigenvalue weighted by molar-refractivity contribution is -0.137. The Balaban J connectivity index is 2.23. The van der Waals surface area contributed by atoms with E-state index in [4.69, 9.17) is 0 Å². The summed E-state index contributed by atoms with van der Waals surface area (Å²) in [5.74, 6) is 0. The number of benzene rings is 1. The van der Waals surface area contributed by atoms with Crippen LogP contribution in [0.1, 0.15) is 24.1 Å². The first-order chi connectivity index (χ1) is 9.07. The third-order valence-electron chi connectivity index (χ3n) is 3.60. The number of aromatic nitrogens is 1. The second kappa shape index (κ2) is 4.44. The SMILES string of the molecule is FC(F)(F)c1cc2n(c1-c1ccccc1)CCCC2. The summed E-state index contributed by atoms with van der Waals surface area (Å²) in [4.78, 5) is 0. The van der Waals surface area contributed by atoms with Crippen molar-refractivity contribution in [3.63, 3.8) is 0 Å². The van der Waals surface area contributed by atoms with Crippen LogP contribution in [0.15, 0.2) is 36.4 Å². The zero-order chi connectivity index (χ0) is 13.5. The number of hydrogen-bond acceptors (Lipinski definition) is 0. The zero-order valence-corrected chi connectivity index (χ0v) is 10.4. The lowest BCUT2D eigenvalue weighted by atomic mass is 10.1. The van der Waals surface area contributed by atoms with Crippen molar-refractivity contribution in [2.75, 3.05) is 0 Å². The first-order valence-corrected chi connectivity index (χ1v) is 6.42. The molecule has 0 bridgehead atoms. The van der Waals surface area contributed by atoms with Gasteiger partial charge in [-0.2, -0.15) is 13.2 Å². The molecule has 4 heteroatoms. The van der Waals surface area contributed by atoms with Gasteiger partial charge in [0.15, 0.2) is 0 Å². The number of aryl methyl sites for hydroxylation is 1. The average Bonchev–Trinajstić information content (AvgIpc) is 2.79. The zero-order valence-electron chi connectivity index (χ0n) is 10.4.